The van der Waals surface area contributed by atoms with Gasteiger partial charge in [0.15, 0.2) is 0 Å². The molecule has 0 spiro atoms. The van der Waals surface area contributed by atoms with Crippen molar-refractivity contribution >= 4 is 44.9 Å². The molecule has 3 bridgehead atoms. The summed E-state index contributed by atoms with van der Waals surface area (Å²) in [7, 11) is -2.41. The Balaban J connectivity index is 1.13. The number of allylic oxidation sites excluding steroid dienone is 1. The number of fused-ring (bicyclic) bond motifs is 6. The summed E-state index contributed by atoms with van der Waals surface area (Å²) < 4.78 is 45.4. The summed E-state index contributed by atoms with van der Waals surface area (Å²) in [5.74, 6) is -1.08. The topological polar surface area (TPSA) is 195 Å². The number of amides is 4. The van der Waals surface area contributed by atoms with Crippen LogP contribution in [0.1, 0.15) is 103 Å². The van der Waals surface area contributed by atoms with Gasteiger partial charge in [0.05, 0.1) is 29.4 Å². The number of ether oxygens (including phenoxy) is 3. The van der Waals surface area contributed by atoms with Crippen molar-refractivity contribution < 1.29 is 41.8 Å². The molecular formula is C40H52N6O9S. The summed E-state index contributed by atoms with van der Waals surface area (Å²) in [6.45, 7) is 1.60. The zero-order chi connectivity index (χ0) is 39.2. The Morgan fingerprint density at radius 2 is 1.80 bits per heavy atom. The molecule has 1 aromatic heterocycles. The van der Waals surface area contributed by atoms with Gasteiger partial charge in [0.1, 0.15) is 41.3 Å². The lowest BCUT2D eigenvalue weighted by atomic mass is 10.0. The molecule has 3 aliphatic carbocycles. The number of carbonyl (C=O) groups excluding carboxylic acids is 4. The van der Waals surface area contributed by atoms with E-state index in [9.17, 15) is 27.6 Å². The van der Waals surface area contributed by atoms with Crippen LogP contribution in [0.5, 0.6) is 11.6 Å². The molecule has 2 aromatic rings. The number of benzene rings is 1. The van der Waals surface area contributed by atoms with E-state index in [-0.39, 0.29) is 31.4 Å². The summed E-state index contributed by atoms with van der Waals surface area (Å²) in [4.78, 5) is 67.5. The van der Waals surface area contributed by atoms with Crippen molar-refractivity contribution in [1.29, 1.82) is 0 Å². The molecule has 15 nitrogen and oxygen atoms in total. The largest absolute Gasteiger partial charge is 0.497 e. The van der Waals surface area contributed by atoms with E-state index in [1.54, 1.807) is 20.1 Å². The van der Waals surface area contributed by atoms with E-state index in [1.165, 1.54) is 4.90 Å². The highest BCUT2D eigenvalue weighted by molar-refractivity contribution is 7.91. The van der Waals surface area contributed by atoms with Crippen LogP contribution in [0, 0.1) is 11.8 Å². The van der Waals surface area contributed by atoms with Crippen LogP contribution in [0.4, 0.5) is 4.79 Å². The number of nitrogens with zero attached hydrogens (tertiary/aromatic N) is 3. The van der Waals surface area contributed by atoms with Crippen molar-refractivity contribution in [3.63, 3.8) is 0 Å². The molecule has 4 heterocycles. The van der Waals surface area contributed by atoms with Gasteiger partial charge in [0.25, 0.3) is 5.91 Å². The van der Waals surface area contributed by atoms with Crippen LogP contribution in [-0.2, 0) is 35.6 Å². The smallest absolute Gasteiger partial charge is 0.408 e. The maximum Gasteiger partial charge on any atom is 0.408 e. The van der Waals surface area contributed by atoms with Crippen LogP contribution in [0.3, 0.4) is 0 Å². The molecule has 3 aliphatic heterocycles. The third kappa shape index (κ3) is 7.90. The Morgan fingerprint density at radius 1 is 1.00 bits per heavy atom. The molecular weight excluding hydrogens is 741 g/mol. The van der Waals surface area contributed by atoms with Gasteiger partial charge in [-0.05, 0) is 89.2 Å². The number of carbonyl (C=O) groups is 4. The first-order chi connectivity index (χ1) is 26.9. The first-order valence-corrected chi connectivity index (χ1v) is 21.7. The van der Waals surface area contributed by atoms with Gasteiger partial charge < -0.3 is 29.7 Å². The molecule has 6 aliphatic rings. The number of hydrogen-bond donors (Lipinski definition) is 3. The van der Waals surface area contributed by atoms with E-state index in [1.807, 2.05) is 24.3 Å². The molecule has 3 saturated carbocycles. The fourth-order valence-corrected chi connectivity index (χ4v) is 9.71. The van der Waals surface area contributed by atoms with Crippen LogP contribution in [0.2, 0.25) is 0 Å². The van der Waals surface area contributed by atoms with Crippen LogP contribution in [0.15, 0.2) is 30.4 Å². The van der Waals surface area contributed by atoms with Gasteiger partial charge in [-0.2, -0.15) is 0 Å². The predicted octanol–water partition coefficient (Wildman–Crippen LogP) is 3.98. The molecule has 302 valence electrons. The summed E-state index contributed by atoms with van der Waals surface area (Å²) in [5.41, 5.74) is 0.431. The van der Waals surface area contributed by atoms with Gasteiger partial charge in [0, 0.05) is 18.4 Å². The summed E-state index contributed by atoms with van der Waals surface area (Å²) >= 11 is 0. The number of alkyl carbamates (subject to hydrolysis) is 1. The molecule has 0 radical (unpaired) electrons. The SMILES string of the molecule is COc1ccc2nc3c(nc2c1)O[C@@H]1C[C@H]2C(=O)N[C@]4(C(=O)NS(=O)(=O)C5(C)CC5)C[C@H]4/C=C\CCCCC[C@H](NC(=O)O[C@@H]4C[C@H]4CCCCC3)C(=O)N2C1. The lowest BCUT2D eigenvalue weighted by molar-refractivity contribution is -0.141. The van der Waals surface area contributed by atoms with Gasteiger partial charge in [-0.25, -0.2) is 23.2 Å². The van der Waals surface area contributed by atoms with Crippen LogP contribution in [-0.4, -0.2) is 95.3 Å². The fourth-order valence-electron chi connectivity index (χ4n) is 8.40. The molecule has 1 saturated heterocycles. The molecule has 7 atom stereocenters. The predicted molar refractivity (Wildman–Crippen MR) is 204 cm³/mol. The van der Waals surface area contributed by atoms with E-state index in [2.05, 4.69) is 15.4 Å². The second-order valence-corrected chi connectivity index (χ2v) is 19.0. The minimum Gasteiger partial charge on any atom is -0.497 e. The fraction of sp³-hybridized carbons (Fsp3) is 0.650. The first kappa shape index (κ1) is 38.4. The minimum absolute atomic E-state index is 0.00137. The van der Waals surface area contributed by atoms with E-state index in [4.69, 9.17) is 24.2 Å². The monoisotopic (exact) mass is 792 g/mol. The summed E-state index contributed by atoms with van der Waals surface area (Å²) in [6.07, 6.45) is 11.8. The normalized spacial score (nSPS) is 32.5. The lowest BCUT2D eigenvalue weighted by Gasteiger charge is -2.30. The highest BCUT2D eigenvalue weighted by Gasteiger charge is 2.63. The summed E-state index contributed by atoms with van der Waals surface area (Å²) in [5, 5.41) is 5.75. The number of nitrogens with one attached hydrogen (secondary N) is 3. The number of sulfonamides is 1. The van der Waals surface area contributed by atoms with E-state index in [0.29, 0.717) is 66.9 Å². The number of rotatable bonds is 4. The number of hydrogen-bond acceptors (Lipinski definition) is 11. The van der Waals surface area contributed by atoms with Gasteiger partial charge in [-0.1, -0.05) is 37.8 Å². The Hall–Kier alpha value is -4.47. The zero-order valence-electron chi connectivity index (χ0n) is 32.1. The lowest BCUT2D eigenvalue weighted by Crippen LogP contribution is -2.58. The Morgan fingerprint density at radius 3 is 2.61 bits per heavy atom. The average Bonchev–Trinajstić information content (AvgIpc) is 4.13. The van der Waals surface area contributed by atoms with Crippen LogP contribution >= 0.6 is 0 Å². The van der Waals surface area contributed by atoms with Gasteiger partial charge >= 0.3 is 6.09 Å². The quantitative estimate of drug-likeness (QED) is 0.379. The highest BCUT2D eigenvalue weighted by Crippen LogP contribution is 2.47. The van der Waals surface area contributed by atoms with E-state index < -0.39 is 68.2 Å². The van der Waals surface area contributed by atoms with Crippen molar-refractivity contribution in [3.05, 3.63) is 36.0 Å². The minimum atomic E-state index is -3.99. The summed E-state index contributed by atoms with van der Waals surface area (Å²) in [6, 6.07) is 3.40. The molecule has 8 rings (SSSR count). The number of methoxy groups -OCH3 is 1. The zero-order valence-corrected chi connectivity index (χ0v) is 32.9. The van der Waals surface area contributed by atoms with E-state index in [0.717, 1.165) is 44.9 Å². The molecule has 1 aromatic carbocycles. The van der Waals surface area contributed by atoms with Crippen molar-refractivity contribution in [2.24, 2.45) is 11.8 Å². The second kappa shape index (κ2) is 15.1. The Bertz CT molecular complexity index is 2040. The molecule has 4 amide bonds. The van der Waals surface area contributed by atoms with Crippen LogP contribution < -0.4 is 24.8 Å². The maximum atomic E-state index is 14.6. The Kier molecular flexibility index (Phi) is 10.4. The highest BCUT2D eigenvalue weighted by atomic mass is 32.2. The molecule has 56 heavy (non-hydrogen) atoms. The molecule has 0 unspecified atom stereocenters. The van der Waals surface area contributed by atoms with Crippen molar-refractivity contribution in [3.8, 4) is 11.6 Å². The number of aryl methyl sites for hydroxylation is 1. The van der Waals surface area contributed by atoms with E-state index >= 15 is 0 Å². The first-order valence-electron chi connectivity index (χ1n) is 20.2. The second-order valence-electron chi connectivity index (χ2n) is 16.8. The standard InChI is InChI=1S/C40H52N6O9S/c1-39(17-18-39)56(51,52)45-37(49)40-22-25(40)12-8-4-3-5-9-14-30-36(48)46-23-27(21-32(46)34(47)44-40)54-35-29(41-28-16-15-26(53-2)20-31(28)42-35)13-10-6-7-11-24-19-33(24)55-38(50)43-30/h8,12,15-16,20,24-25,27,30,32-33H,3-7,9-11,13-14,17-19,21-23H2,1-2H3,(H,43,50)(H,44,47)(H,45,49)/b12-8-/t24-,25-,27-,30+,32+,33-,40-/m1/s1. The maximum absolute atomic E-state index is 14.6. The third-order valence-electron chi connectivity index (χ3n) is 12.6. The third-order valence-corrected chi connectivity index (χ3v) is 14.7. The van der Waals surface area contributed by atoms with Crippen molar-refractivity contribution in [2.75, 3.05) is 13.7 Å². The molecule has 16 heteroatoms. The van der Waals surface area contributed by atoms with Gasteiger partial charge in [-0.3, -0.25) is 19.1 Å². The van der Waals surface area contributed by atoms with Gasteiger partial charge in [-0.15, -0.1) is 0 Å². The van der Waals surface area contributed by atoms with Crippen LogP contribution in [0.25, 0.3) is 11.0 Å². The average molecular weight is 793 g/mol. The molecule has 4 fully saturated rings. The van der Waals surface area contributed by atoms with Crippen molar-refractivity contribution in [1.82, 2.24) is 30.2 Å². The van der Waals surface area contributed by atoms with Crippen molar-refractivity contribution in [2.45, 2.75) is 138 Å². The van der Waals surface area contributed by atoms with Gasteiger partial charge in [0.2, 0.25) is 27.7 Å². The number of aromatic nitrogens is 2. The Labute approximate surface area is 327 Å². The molecule has 3 N–H and O–H groups in total.